The lowest BCUT2D eigenvalue weighted by Crippen LogP contribution is -2.47. The Balaban J connectivity index is 1.45. The SMILES string of the molecule is Cc1ccsc1CN(Cc1ccc(F)cc1)C(=O)CN(CCN1CCOCC1)S(=O)(=O)c1cccc2cccnc12. The number of sulfonamides is 1. The first-order valence-electron chi connectivity index (χ1n) is 13.5. The standard InChI is InChI=1S/C30H33FN4O4S2/c1-23-11-19-40-27(23)21-34(20-24-7-9-26(31)10-8-24)29(36)22-35(14-13-33-15-17-39-18-16-33)41(37,38)28-6-2-4-25-5-3-12-32-30(25)28/h2-12,19H,13-18,20-22H2,1H3. The maximum Gasteiger partial charge on any atom is 0.245 e. The molecule has 1 fully saturated rings. The van der Waals surface area contributed by atoms with Gasteiger partial charge in [-0.15, -0.1) is 11.3 Å². The monoisotopic (exact) mass is 596 g/mol. The van der Waals surface area contributed by atoms with Gasteiger partial charge in [0.2, 0.25) is 15.9 Å². The van der Waals surface area contributed by atoms with E-state index in [0.29, 0.717) is 50.3 Å². The van der Waals surface area contributed by atoms with Crippen LogP contribution in [0.25, 0.3) is 10.9 Å². The van der Waals surface area contributed by atoms with E-state index in [9.17, 15) is 17.6 Å². The number of morpholine rings is 1. The zero-order chi connectivity index (χ0) is 28.8. The molecular formula is C30H33FN4O4S2. The second-order valence-electron chi connectivity index (χ2n) is 10.0. The number of carbonyl (C=O) groups excluding carboxylic acids is 1. The minimum atomic E-state index is -4.09. The van der Waals surface area contributed by atoms with Gasteiger partial charge in [-0.2, -0.15) is 4.31 Å². The summed E-state index contributed by atoms with van der Waals surface area (Å²) in [4.78, 5) is 23.2. The number of ether oxygens (including phenoxy) is 1. The van der Waals surface area contributed by atoms with Gasteiger partial charge in [0, 0.05) is 49.2 Å². The molecule has 0 bridgehead atoms. The third-order valence-electron chi connectivity index (χ3n) is 7.24. The molecule has 1 amide bonds. The van der Waals surface area contributed by atoms with Crippen LogP contribution in [0.15, 0.2) is 77.1 Å². The molecule has 0 saturated carbocycles. The van der Waals surface area contributed by atoms with Crippen molar-refractivity contribution in [2.24, 2.45) is 0 Å². The Morgan fingerprint density at radius 3 is 2.54 bits per heavy atom. The number of benzene rings is 2. The van der Waals surface area contributed by atoms with Crippen molar-refractivity contribution in [3.63, 3.8) is 0 Å². The molecule has 216 valence electrons. The van der Waals surface area contributed by atoms with E-state index in [1.807, 2.05) is 30.5 Å². The van der Waals surface area contributed by atoms with Gasteiger partial charge >= 0.3 is 0 Å². The number of carbonyl (C=O) groups is 1. The Kier molecular flexibility index (Phi) is 9.41. The number of nitrogens with zero attached hydrogens (tertiary/aromatic N) is 4. The number of amides is 1. The van der Waals surface area contributed by atoms with Gasteiger partial charge in [0.25, 0.3) is 0 Å². The Bertz CT molecular complexity index is 1580. The number of aryl methyl sites for hydroxylation is 1. The van der Waals surface area contributed by atoms with Crippen LogP contribution >= 0.6 is 11.3 Å². The van der Waals surface area contributed by atoms with Crippen LogP contribution in [0.1, 0.15) is 16.0 Å². The second kappa shape index (κ2) is 13.2. The van der Waals surface area contributed by atoms with Crippen molar-refractivity contribution < 1.29 is 22.3 Å². The molecule has 41 heavy (non-hydrogen) atoms. The molecular weight excluding hydrogens is 563 g/mol. The van der Waals surface area contributed by atoms with Gasteiger partial charge in [-0.25, -0.2) is 12.8 Å². The van der Waals surface area contributed by atoms with E-state index >= 15 is 0 Å². The maximum atomic E-state index is 14.2. The quantitative estimate of drug-likeness (QED) is 0.257. The molecule has 0 atom stereocenters. The van der Waals surface area contributed by atoms with Crippen LogP contribution in [0.2, 0.25) is 0 Å². The van der Waals surface area contributed by atoms with Crippen molar-refractivity contribution in [2.45, 2.75) is 24.9 Å². The number of pyridine rings is 1. The molecule has 8 nitrogen and oxygen atoms in total. The minimum Gasteiger partial charge on any atom is -0.379 e. The Hall–Kier alpha value is -3.22. The lowest BCUT2D eigenvalue weighted by Gasteiger charge is -2.31. The molecule has 4 aromatic rings. The highest BCUT2D eigenvalue weighted by molar-refractivity contribution is 7.89. The summed E-state index contributed by atoms with van der Waals surface area (Å²) in [5.74, 6) is -0.689. The normalized spacial score (nSPS) is 14.5. The number of hydrogen-bond donors (Lipinski definition) is 0. The first-order valence-corrected chi connectivity index (χ1v) is 15.8. The summed E-state index contributed by atoms with van der Waals surface area (Å²) in [6, 6.07) is 16.6. The van der Waals surface area contributed by atoms with E-state index in [4.69, 9.17) is 4.74 Å². The average Bonchev–Trinajstić information content (AvgIpc) is 3.39. The van der Waals surface area contributed by atoms with Gasteiger partial charge in [0.1, 0.15) is 10.7 Å². The zero-order valence-corrected chi connectivity index (χ0v) is 24.5. The summed E-state index contributed by atoms with van der Waals surface area (Å²) < 4.78 is 48.7. The van der Waals surface area contributed by atoms with E-state index in [1.165, 1.54) is 16.4 Å². The van der Waals surface area contributed by atoms with Gasteiger partial charge in [0.15, 0.2) is 0 Å². The van der Waals surface area contributed by atoms with Crippen molar-refractivity contribution in [1.29, 1.82) is 0 Å². The number of aromatic nitrogens is 1. The molecule has 0 unspecified atom stereocenters. The molecule has 0 radical (unpaired) electrons. The second-order valence-corrected chi connectivity index (χ2v) is 12.9. The summed E-state index contributed by atoms with van der Waals surface area (Å²) in [5.41, 5.74) is 2.19. The van der Waals surface area contributed by atoms with Crippen molar-refractivity contribution in [2.75, 3.05) is 45.9 Å². The smallest absolute Gasteiger partial charge is 0.245 e. The Morgan fingerprint density at radius 1 is 1.05 bits per heavy atom. The molecule has 11 heteroatoms. The molecule has 5 rings (SSSR count). The summed E-state index contributed by atoms with van der Waals surface area (Å²) >= 11 is 1.55. The van der Waals surface area contributed by atoms with Crippen LogP contribution in [-0.2, 0) is 32.6 Å². The summed E-state index contributed by atoms with van der Waals surface area (Å²) in [6.07, 6.45) is 1.57. The van der Waals surface area contributed by atoms with Gasteiger partial charge in [0.05, 0.1) is 31.8 Å². The number of fused-ring (bicyclic) bond motifs is 1. The van der Waals surface area contributed by atoms with Crippen LogP contribution in [0.5, 0.6) is 0 Å². The topological polar surface area (TPSA) is 83.1 Å². The predicted octanol–water partition coefficient (Wildman–Crippen LogP) is 4.30. The molecule has 0 spiro atoms. The lowest BCUT2D eigenvalue weighted by atomic mass is 10.2. The van der Waals surface area contributed by atoms with Crippen LogP contribution in [-0.4, -0.2) is 79.4 Å². The van der Waals surface area contributed by atoms with E-state index in [1.54, 1.807) is 52.8 Å². The highest BCUT2D eigenvalue weighted by atomic mass is 32.2. The molecule has 0 aliphatic carbocycles. The third-order valence-corrected chi connectivity index (χ3v) is 10.1. The minimum absolute atomic E-state index is 0.0737. The summed E-state index contributed by atoms with van der Waals surface area (Å²) in [6.45, 7) is 5.39. The number of para-hydroxylation sites is 1. The average molecular weight is 597 g/mol. The van der Waals surface area contributed by atoms with Crippen LogP contribution < -0.4 is 0 Å². The van der Waals surface area contributed by atoms with E-state index in [-0.39, 0.29) is 36.3 Å². The molecule has 2 aromatic heterocycles. The molecule has 3 heterocycles. The Labute approximate surface area is 244 Å². The van der Waals surface area contributed by atoms with Gasteiger partial charge in [-0.1, -0.05) is 30.3 Å². The van der Waals surface area contributed by atoms with E-state index < -0.39 is 10.0 Å². The van der Waals surface area contributed by atoms with Crippen LogP contribution in [0, 0.1) is 12.7 Å². The van der Waals surface area contributed by atoms with Crippen molar-refractivity contribution in [3.8, 4) is 0 Å². The number of hydrogen-bond acceptors (Lipinski definition) is 7. The largest absolute Gasteiger partial charge is 0.379 e. The van der Waals surface area contributed by atoms with Gasteiger partial charge in [-0.05, 0) is 53.8 Å². The van der Waals surface area contributed by atoms with Crippen molar-refractivity contribution in [3.05, 3.63) is 94.1 Å². The summed E-state index contributed by atoms with van der Waals surface area (Å²) in [5, 5.41) is 2.68. The fraction of sp³-hybridized carbons (Fsp3) is 0.333. The molecule has 0 N–H and O–H groups in total. The predicted molar refractivity (Wildman–Crippen MR) is 157 cm³/mol. The zero-order valence-electron chi connectivity index (χ0n) is 22.9. The van der Waals surface area contributed by atoms with E-state index in [0.717, 1.165) is 16.0 Å². The third kappa shape index (κ3) is 7.17. The lowest BCUT2D eigenvalue weighted by molar-refractivity contribution is -0.132. The number of thiophene rings is 1. The fourth-order valence-electron chi connectivity index (χ4n) is 4.82. The summed E-state index contributed by atoms with van der Waals surface area (Å²) in [7, 11) is -4.09. The fourth-order valence-corrected chi connectivity index (χ4v) is 7.28. The molecule has 2 aromatic carbocycles. The van der Waals surface area contributed by atoms with Crippen LogP contribution in [0.4, 0.5) is 4.39 Å². The highest BCUT2D eigenvalue weighted by Crippen LogP contribution is 2.25. The molecule has 1 aliphatic rings. The first kappa shape index (κ1) is 29.3. The Morgan fingerprint density at radius 2 is 1.80 bits per heavy atom. The van der Waals surface area contributed by atoms with Crippen molar-refractivity contribution in [1.82, 2.24) is 19.1 Å². The molecule has 1 saturated heterocycles. The number of rotatable bonds is 11. The van der Waals surface area contributed by atoms with Crippen molar-refractivity contribution >= 4 is 38.2 Å². The first-order chi connectivity index (χ1) is 19.8. The maximum absolute atomic E-state index is 14.2. The van der Waals surface area contributed by atoms with Gasteiger partial charge in [-0.3, -0.25) is 14.7 Å². The van der Waals surface area contributed by atoms with Crippen LogP contribution in [0.3, 0.4) is 0 Å². The molecule has 1 aliphatic heterocycles. The van der Waals surface area contributed by atoms with Gasteiger partial charge < -0.3 is 9.64 Å². The number of halogens is 1. The highest BCUT2D eigenvalue weighted by Gasteiger charge is 2.31. The van der Waals surface area contributed by atoms with E-state index in [2.05, 4.69) is 9.88 Å².